The number of ether oxygens (including phenoxy) is 1. The molecule has 1 fully saturated rings. The Balaban J connectivity index is 1.21. The number of hydrogen-bond donors (Lipinski definition) is 2. The first-order valence-corrected chi connectivity index (χ1v) is 15.0. The number of aromatic amines is 1. The molecule has 0 bridgehead atoms. The molecule has 9 heteroatoms. The summed E-state index contributed by atoms with van der Waals surface area (Å²) in [5, 5.41) is 18.8. The Morgan fingerprint density at radius 1 is 1.05 bits per heavy atom. The first kappa shape index (κ1) is 28.6. The minimum atomic E-state index is -1.09. The normalized spacial score (nSPS) is 17.6. The third kappa shape index (κ3) is 6.00. The predicted molar refractivity (Wildman–Crippen MR) is 169 cm³/mol. The molecule has 2 N–H and O–H groups in total. The SMILES string of the molecule is CC1(C)CCC(CN2CCN(c3cc(Oc4cccc5[nH]ncc45)c(C(=O)O)cc3Cl)CC2)=C(c2ccc(Cl)cc2)C1. The minimum Gasteiger partial charge on any atom is -0.478 e. The molecule has 1 aliphatic heterocycles. The highest BCUT2D eigenvalue weighted by Gasteiger charge is 2.30. The molecule has 0 radical (unpaired) electrons. The molecule has 4 aromatic rings. The number of H-pyrrole nitrogens is 1. The summed E-state index contributed by atoms with van der Waals surface area (Å²) < 4.78 is 6.18. The van der Waals surface area contributed by atoms with Crippen LogP contribution < -0.4 is 9.64 Å². The van der Waals surface area contributed by atoms with Gasteiger partial charge in [-0.2, -0.15) is 5.10 Å². The third-order valence-electron chi connectivity index (χ3n) is 8.45. The molecule has 2 heterocycles. The van der Waals surface area contributed by atoms with Crippen molar-refractivity contribution in [3.05, 3.63) is 87.5 Å². The lowest BCUT2D eigenvalue weighted by Crippen LogP contribution is -2.47. The van der Waals surface area contributed by atoms with Crippen LogP contribution in [-0.4, -0.2) is 58.9 Å². The van der Waals surface area contributed by atoms with Crippen molar-refractivity contribution in [2.45, 2.75) is 33.1 Å². The average Bonchev–Trinajstić information content (AvgIpc) is 3.46. The molecule has 0 spiro atoms. The second kappa shape index (κ2) is 11.6. The van der Waals surface area contributed by atoms with E-state index in [0.29, 0.717) is 10.8 Å². The first-order chi connectivity index (χ1) is 20.2. The molecule has 1 saturated heterocycles. The highest BCUT2D eigenvalue weighted by molar-refractivity contribution is 6.33. The number of carboxylic acid groups (broad SMARTS) is 1. The number of fused-ring (bicyclic) bond motifs is 1. The van der Waals surface area contributed by atoms with Gasteiger partial charge in [0.1, 0.15) is 17.1 Å². The zero-order valence-electron chi connectivity index (χ0n) is 23.8. The number of allylic oxidation sites excluding steroid dienone is 1. The summed E-state index contributed by atoms with van der Waals surface area (Å²) in [5.74, 6) is -0.314. The topological polar surface area (TPSA) is 81.7 Å². The van der Waals surface area contributed by atoms with E-state index in [4.69, 9.17) is 27.9 Å². The van der Waals surface area contributed by atoms with Crippen LogP contribution in [0.4, 0.5) is 5.69 Å². The molecule has 3 aromatic carbocycles. The highest BCUT2D eigenvalue weighted by Crippen LogP contribution is 2.44. The molecule has 1 aromatic heterocycles. The average molecular weight is 606 g/mol. The minimum absolute atomic E-state index is 0.0183. The van der Waals surface area contributed by atoms with Crippen molar-refractivity contribution in [3.63, 3.8) is 0 Å². The summed E-state index contributed by atoms with van der Waals surface area (Å²) in [6.45, 7) is 8.95. The summed E-state index contributed by atoms with van der Waals surface area (Å²) in [7, 11) is 0. The van der Waals surface area contributed by atoms with Gasteiger partial charge in [-0.25, -0.2) is 4.79 Å². The van der Waals surface area contributed by atoms with Crippen LogP contribution in [0.3, 0.4) is 0 Å². The fourth-order valence-corrected chi connectivity index (χ4v) is 6.47. The van der Waals surface area contributed by atoms with E-state index >= 15 is 0 Å². The van der Waals surface area contributed by atoms with Crippen molar-refractivity contribution in [2.75, 3.05) is 37.6 Å². The molecule has 0 amide bonds. The molecular formula is C33H34Cl2N4O3. The second-order valence-electron chi connectivity index (χ2n) is 12.0. The number of aromatic nitrogens is 2. The summed E-state index contributed by atoms with van der Waals surface area (Å²) in [4.78, 5) is 16.8. The number of piperazine rings is 1. The Labute approximate surface area is 255 Å². The van der Waals surface area contributed by atoms with Crippen molar-refractivity contribution in [1.29, 1.82) is 0 Å². The predicted octanol–water partition coefficient (Wildman–Crippen LogP) is 8.15. The largest absolute Gasteiger partial charge is 0.478 e. The van der Waals surface area contributed by atoms with Gasteiger partial charge in [0.2, 0.25) is 0 Å². The number of rotatable bonds is 7. The third-order valence-corrected chi connectivity index (χ3v) is 9.00. The van der Waals surface area contributed by atoms with Gasteiger partial charge in [0.25, 0.3) is 0 Å². The van der Waals surface area contributed by atoms with Crippen LogP contribution in [0.1, 0.15) is 49.0 Å². The lowest BCUT2D eigenvalue weighted by Gasteiger charge is -2.39. The van der Waals surface area contributed by atoms with Crippen LogP contribution in [0, 0.1) is 5.41 Å². The molecule has 6 rings (SSSR count). The van der Waals surface area contributed by atoms with E-state index in [-0.39, 0.29) is 16.7 Å². The maximum Gasteiger partial charge on any atom is 0.339 e. The van der Waals surface area contributed by atoms with Gasteiger partial charge in [-0.1, -0.05) is 60.8 Å². The summed E-state index contributed by atoms with van der Waals surface area (Å²) in [5.41, 5.74) is 6.11. The fourth-order valence-electron chi connectivity index (χ4n) is 6.07. The van der Waals surface area contributed by atoms with E-state index in [1.165, 1.54) is 29.2 Å². The van der Waals surface area contributed by atoms with E-state index in [9.17, 15) is 9.90 Å². The van der Waals surface area contributed by atoms with Crippen LogP contribution >= 0.6 is 23.2 Å². The van der Waals surface area contributed by atoms with Gasteiger partial charge in [-0.15, -0.1) is 0 Å². The molecule has 7 nitrogen and oxygen atoms in total. The number of carbonyl (C=O) groups is 1. The van der Waals surface area contributed by atoms with Gasteiger partial charge in [-0.05, 0) is 66.1 Å². The smallest absolute Gasteiger partial charge is 0.339 e. The van der Waals surface area contributed by atoms with Crippen molar-refractivity contribution in [1.82, 2.24) is 15.1 Å². The fraction of sp³-hybridized carbons (Fsp3) is 0.333. The molecular weight excluding hydrogens is 571 g/mol. The van der Waals surface area contributed by atoms with Gasteiger partial charge < -0.3 is 14.7 Å². The Morgan fingerprint density at radius 2 is 1.81 bits per heavy atom. The molecule has 2 aliphatic rings. The van der Waals surface area contributed by atoms with Gasteiger partial charge in [0.05, 0.1) is 27.8 Å². The lowest BCUT2D eigenvalue weighted by molar-refractivity contribution is 0.0694. The Kier molecular flexibility index (Phi) is 7.92. The zero-order chi connectivity index (χ0) is 29.4. The lowest BCUT2D eigenvalue weighted by atomic mass is 9.72. The second-order valence-corrected chi connectivity index (χ2v) is 12.8. The van der Waals surface area contributed by atoms with E-state index in [0.717, 1.165) is 67.2 Å². The van der Waals surface area contributed by atoms with Gasteiger partial charge in [-0.3, -0.25) is 10.00 Å². The monoisotopic (exact) mass is 604 g/mol. The number of benzene rings is 3. The number of anilines is 1. The Hall–Kier alpha value is -3.52. The van der Waals surface area contributed by atoms with Crippen LogP contribution in [0.2, 0.25) is 10.0 Å². The van der Waals surface area contributed by atoms with Crippen molar-refractivity contribution < 1.29 is 14.6 Å². The van der Waals surface area contributed by atoms with E-state index in [2.05, 4.69) is 46.0 Å². The molecule has 218 valence electrons. The quantitative estimate of drug-likeness (QED) is 0.221. The first-order valence-electron chi connectivity index (χ1n) is 14.3. The van der Waals surface area contributed by atoms with Crippen LogP contribution in [0.25, 0.3) is 16.5 Å². The van der Waals surface area contributed by atoms with E-state index < -0.39 is 5.97 Å². The van der Waals surface area contributed by atoms with Gasteiger partial charge in [0.15, 0.2) is 0 Å². The summed E-state index contributed by atoms with van der Waals surface area (Å²) in [6, 6.07) is 17.0. The van der Waals surface area contributed by atoms with Gasteiger partial charge in [0, 0.05) is 43.8 Å². The van der Waals surface area contributed by atoms with E-state index in [1.54, 1.807) is 18.3 Å². The van der Waals surface area contributed by atoms with Crippen LogP contribution in [0.15, 0.2) is 66.4 Å². The Morgan fingerprint density at radius 3 is 2.55 bits per heavy atom. The van der Waals surface area contributed by atoms with E-state index in [1.807, 2.05) is 24.3 Å². The number of aromatic carboxylic acids is 1. The summed E-state index contributed by atoms with van der Waals surface area (Å²) in [6.07, 6.45) is 5.00. The van der Waals surface area contributed by atoms with Gasteiger partial charge >= 0.3 is 5.97 Å². The number of nitrogens with one attached hydrogen (secondary N) is 1. The molecule has 0 atom stereocenters. The van der Waals surface area contributed by atoms with Crippen LogP contribution in [0.5, 0.6) is 11.5 Å². The number of halogens is 2. The number of hydrogen-bond acceptors (Lipinski definition) is 5. The zero-order valence-corrected chi connectivity index (χ0v) is 25.3. The molecule has 1 aliphatic carbocycles. The Bertz CT molecular complexity index is 1650. The summed E-state index contributed by atoms with van der Waals surface area (Å²) >= 11 is 12.9. The molecule has 0 saturated carbocycles. The highest BCUT2D eigenvalue weighted by atomic mass is 35.5. The standard InChI is InChI=1S/C33H34Cl2N4O3/c1-33(2)11-10-22(25(18-33)21-6-8-23(34)9-7-21)20-38-12-14-39(15-13-38)29-17-31(24(32(40)41)16-27(29)35)42-30-5-3-4-28-26(30)19-36-37-28/h3-9,16-17,19H,10-15,18,20H2,1-2H3,(H,36,37)(H,40,41). The van der Waals surface area contributed by atoms with Crippen LogP contribution in [-0.2, 0) is 0 Å². The molecule has 42 heavy (non-hydrogen) atoms. The number of nitrogens with zero attached hydrogens (tertiary/aromatic N) is 3. The molecule has 0 unspecified atom stereocenters. The van der Waals surface area contributed by atoms with Crippen molar-refractivity contribution in [3.8, 4) is 11.5 Å². The number of carboxylic acids is 1. The maximum atomic E-state index is 12.1. The van der Waals surface area contributed by atoms with Crippen molar-refractivity contribution in [2.24, 2.45) is 5.41 Å². The van der Waals surface area contributed by atoms with Crippen molar-refractivity contribution >= 4 is 51.3 Å². The maximum absolute atomic E-state index is 12.1.